The second-order valence-corrected chi connectivity index (χ2v) is 7.24. The van der Waals surface area contributed by atoms with Gasteiger partial charge in [0.15, 0.2) is 0 Å². The molecule has 7 heteroatoms. The lowest BCUT2D eigenvalue weighted by Gasteiger charge is -2.25. The van der Waals surface area contributed by atoms with Crippen LogP contribution in [0, 0.1) is 0 Å². The highest BCUT2D eigenvalue weighted by atomic mass is 16.5. The van der Waals surface area contributed by atoms with Crippen LogP contribution in [-0.2, 0) is 22.7 Å². The van der Waals surface area contributed by atoms with E-state index >= 15 is 0 Å². The topological polar surface area (TPSA) is 92.0 Å². The van der Waals surface area contributed by atoms with Crippen LogP contribution >= 0.6 is 0 Å². The highest BCUT2D eigenvalue weighted by Crippen LogP contribution is 2.20. The number of benzene rings is 2. The standard InChI is InChI=1S/C25H26N2O5/c1-18(26-24(29)14-11-19-9-12-21(31-2)13-10-19)25(30)27(17-22-7-5-15-32-22)16-20-6-3-4-8-23(20)28/h3-15,18,28H,16-17H2,1-2H3,(H,26,29)/b14-11+. The van der Waals surface area contributed by atoms with E-state index in [2.05, 4.69) is 5.32 Å². The predicted octanol–water partition coefficient (Wildman–Crippen LogP) is 3.74. The molecule has 0 bridgehead atoms. The smallest absolute Gasteiger partial charge is 0.245 e. The van der Waals surface area contributed by atoms with Gasteiger partial charge in [0.1, 0.15) is 23.3 Å². The van der Waals surface area contributed by atoms with Crippen molar-refractivity contribution in [2.45, 2.75) is 26.1 Å². The molecule has 2 aromatic carbocycles. The number of phenols is 1. The molecule has 0 saturated heterocycles. The first-order valence-corrected chi connectivity index (χ1v) is 10.2. The number of aromatic hydroxyl groups is 1. The van der Waals surface area contributed by atoms with Crippen LogP contribution < -0.4 is 10.1 Å². The van der Waals surface area contributed by atoms with Gasteiger partial charge in [-0.15, -0.1) is 0 Å². The minimum atomic E-state index is -0.774. The SMILES string of the molecule is COc1ccc(/C=C/C(=O)NC(C)C(=O)N(Cc2ccco2)Cc2ccccc2O)cc1. The molecule has 0 aliphatic rings. The molecule has 0 spiro atoms. The Morgan fingerprint density at radius 3 is 2.50 bits per heavy atom. The summed E-state index contributed by atoms with van der Waals surface area (Å²) < 4.78 is 10.5. The first kappa shape index (κ1) is 22.7. The van der Waals surface area contributed by atoms with Crippen molar-refractivity contribution >= 4 is 17.9 Å². The van der Waals surface area contributed by atoms with Gasteiger partial charge in [-0.1, -0.05) is 30.3 Å². The van der Waals surface area contributed by atoms with Crippen molar-refractivity contribution in [1.29, 1.82) is 0 Å². The van der Waals surface area contributed by atoms with Gasteiger partial charge in [0.2, 0.25) is 11.8 Å². The molecule has 1 aromatic heterocycles. The zero-order valence-electron chi connectivity index (χ0n) is 18.0. The number of hydrogen-bond acceptors (Lipinski definition) is 5. The van der Waals surface area contributed by atoms with Gasteiger partial charge in [-0.25, -0.2) is 0 Å². The van der Waals surface area contributed by atoms with E-state index in [-0.39, 0.29) is 30.7 Å². The molecule has 3 aromatic rings. The number of hydrogen-bond donors (Lipinski definition) is 2. The van der Waals surface area contributed by atoms with Crippen LogP contribution in [0.25, 0.3) is 6.08 Å². The Bertz CT molecular complexity index is 1060. The lowest BCUT2D eigenvalue weighted by atomic mass is 10.1. The number of nitrogens with zero attached hydrogens (tertiary/aromatic N) is 1. The first-order chi connectivity index (χ1) is 15.5. The van der Waals surface area contributed by atoms with Crippen LogP contribution in [0.4, 0.5) is 0 Å². The summed E-state index contributed by atoms with van der Waals surface area (Å²) in [6.45, 7) is 2.01. The van der Waals surface area contributed by atoms with Gasteiger partial charge in [-0.05, 0) is 48.9 Å². The van der Waals surface area contributed by atoms with Gasteiger partial charge < -0.3 is 24.5 Å². The maximum atomic E-state index is 13.1. The maximum absolute atomic E-state index is 13.1. The van der Waals surface area contributed by atoms with Crippen molar-refractivity contribution in [3.63, 3.8) is 0 Å². The number of carbonyl (C=O) groups excluding carboxylic acids is 2. The minimum absolute atomic E-state index is 0.101. The third-order valence-electron chi connectivity index (χ3n) is 4.86. The Morgan fingerprint density at radius 2 is 1.84 bits per heavy atom. The number of methoxy groups -OCH3 is 1. The zero-order valence-corrected chi connectivity index (χ0v) is 18.0. The van der Waals surface area contributed by atoms with E-state index in [1.165, 1.54) is 17.2 Å². The van der Waals surface area contributed by atoms with E-state index < -0.39 is 6.04 Å². The molecule has 1 heterocycles. The molecule has 0 aliphatic carbocycles. The zero-order chi connectivity index (χ0) is 22.9. The maximum Gasteiger partial charge on any atom is 0.245 e. The van der Waals surface area contributed by atoms with Gasteiger partial charge in [-0.2, -0.15) is 0 Å². The molecular formula is C25H26N2O5. The van der Waals surface area contributed by atoms with Crippen LogP contribution in [0.15, 0.2) is 77.4 Å². The van der Waals surface area contributed by atoms with E-state index in [1.807, 2.05) is 12.1 Å². The molecule has 0 aliphatic heterocycles. The summed E-state index contributed by atoms with van der Waals surface area (Å²) in [6, 6.07) is 16.8. The van der Waals surface area contributed by atoms with Crippen molar-refractivity contribution in [3.05, 3.63) is 89.9 Å². The number of carbonyl (C=O) groups is 2. The van der Waals surface area contributed by atoms with Gasteiger partial charge in [0.25, 0.3) is 0 Å². The minimum Gasteiger partial charge on any atom is -0.508 e. The van der Waals surface area contributed by atoms with Crippen LogP contribution in [0.5, 0.6) is 11.5 Å². The van der Waals surface area contributed by atoms with E-state index in [9.17, 15) is 14.7 Å². The molecule has 1 atom stereocenters. The molecule has 2 N–H and O–H groups in total. The van der Waals surface area contributed by atoms with Crippen molar-refractivity contribution in [2.75, 3.05) is 7.11 Å². The lowest BCUT2D eigenvalue weighted by Crippen LogP contribution is -2.46. The molecule has 3 rings (SSSR count). The average Bonchev–Trinajstić information content (AvgIpc) is 3.31. The van der Waals surface area contributed by atoms with Crippen LogP contribution in [0.3, 0.4) is 0 Å². The van der Waals surface area contributed by atoms with Crippen LogP contribution in [-0.4, -0.2) is 35.0 Å². The van der Waals surface area contributed by atoms with Crippen molar-refractivity contribution in [1.82, 2.24) is 10.2 Å². The number of para-hydroxylation sites is 1. The highest BCUT2D eigenvalue weighted by molar-refractivity contribution is 5.95. The first-order valence-electron chi connectivity index (χ1n) is 10.2. The molecule has 0 fully saturated rings. The summed E-state index contributed by atoms with van der Waals surface area (Å²) in [5, 5.41) is 12.8. The van der Waals surface area contributed by atoms with Crippen LogP contribution in [0.1, 0.15) is 23.8 Å². The highest BCUT2D eigenvalue weighted by Gasteiger charge is 2.23. The van der Waals surface area contributed by atoms with Gasteiger partial charge in [0.05, 0.1) is 19.9 Å². The molecule has 7 nitrogen and oxygen atoms in total. The summed E-state index contributed by atoms with van der Waals surface area (Å²) >= 11 is 0. The third-order valence-corrected chi connectivity index (χ3v) is 4.86. The normalized spacial score (nSPS) is 11.8. The largest absolute Gasteiger partial charge is 0.508 e. The van der Waals surface area contributed by atoms with E-state index in [0.29, 0.717) is 11.3 Å². The number of phenolic OH excluding ortho intramolecular Hbond substituents is 1. The van der Waals surface area contributed by atoms with E-state index in [0.717, 1.165) is 11.3 Å². The summed E-state index contributed by atoms with van der Waals surface area (Å²) in [7, 11) is 1.59. The van der Waals surface area contributed by atoms with Gasteiger partial charge in [-0.3, -0.25) is 9.59 Å². The number of amides is 2. The van der Waals surface area contributed by atoms with Crippen LogP contribution in [0.2, 0.25) is 0 Å². The van der Waals surface area contributed by atoms with Crippen molar-refractivity contribution < 1.29 is 23.8 Å². The van der Waals surface area contributed by atoms with Gasteiger partial charge >= 0.3 is 0 Å². The molecule has 1 unspecified atom stereocenters. The molecular weight excluding hydrogens is 408 g/mol. The fourth-order valence-electron chi connectivity index (χ4n) is 3.14. The Morgan fingerprint density at radius 1 is 1.09 bits per heavy atom. The Balaban J connectivity index is 1.66. The summed E-state index contributed by atoms with van der Waals surface area (Å²) in [5.74, 6) is 0.750. The summed E-state index contributed by atoms with van der Waals surface area (Å²) in [4.78, 5) is 27.0. The second kappa shape index (κ2) is 10.9. The number of nitrogens with one attached hydrogen (secondary N) is 1. The summed E-state index contributed by atoms with van der Waals surface area (Å²) in [6.07, 6.45) is 4.58. The average molecular weight is 434 g/mol. The molecule has 0 radical (unpaired) electrons. The molecule has 166 valence electrons. The van der Waals surface area contributed by atoms with E-state index in [4.69, 9.17) is 9.15 Å². The molecule has 0 saturated carbocycles. The monoisotopic (exact) mass is 434 g/mol. The lowest BCUT2D eigenvalue weighted by molar-refractivity contribution is -0.136. The third kappa shape index (κ3) is 6.25. The Labute approximate surface area is 186 Å². The number of furan rings is 1. The van der Waals surface area contributed by atoms with Gasteiger partial charge in [0, 0.05) is 18.2 Å². The number of ether oxygens (including phenoxy) is 1. The number of rotatable bonds is 9. The Hall–Kier alpha value is -4.00. The predicted molar refractivity (Wildman–Crippen MR) is 121 cm³/mol. The van der Waals surface area contributed by atoms with E-state index in [1.54, 1.807) is 68.6 Å². The fraction of sp³-hybridized carbons (Fsp3) is 0.200. The summed E-state index contributed by atoms with van der Waals surface area (Å²) in [5.41, 5.74) is 1.43. The van der Waals surface area contributed by atoms with Crippen molar-refractivity contribution in [2.24, 2.45) is 0 Å². The second-order valence-electron chi connectivity index (χ2n) is 7.24. The van der Waals surface area contributed by atoms with Crippen molar-refractivity contribution in [3.8, 4) is 11.5 Å². The molecule has 32 heavy (non-hydrogen) atoms. The Kier molecular flexibility index (Phi) is 7.70. The quantitative estimate of drug-likeness (QED) is 0.501. The fourth-order valence-corrected chi connectivity index (χ4v) is 3.14. The molecule has 2 amide bonds.